The van der Waals surface area contributed by atoms with Gasteiger partial charge >= 0.3 is 0 Å². The van der Waals surface area contributed by atoms with Crippen molar-refractivity contribution in [3.8, 4) is 0 Å². The van der Waals surface area contributed by atoms with Crippen molar-refractivity contribution in [1.82, 2.24) is 0 Å². The van der Waals surface area contributed by atoms with Crippen LogP contribution in [-0.2, 0) is 4.74 Å². The number of hydrogen-bond donors (Lipinski definition) is 1. The fourth-order valence-corrected chi connectivity index (χ4v) is 3.89. The van der Waals surface area contributed by atoms with Crippen LogP contribution in [0.5, 0.6) is 0 Å². The molecule has 2 aliphatic carbocycles. The molecule has 15 heavy (non-hydrogen) atoms. The average Bonchev–Trinajstić information content (AvgIpc) is 2.75. The molecule has 1 heterocycles. The minimum Gasteiger partial charge on any atom is -0.368 e. The monoisotopic (exact) mass is 208 g/mol. The lowest BCUT2D eigenvalue weighted by Crippen LogP contribution is -2.40. The quantitative estimate of drug-likeness (QED) is 0.671. The molecule has 0 aromatic carbocycles. The Balaban J connectivity index is 1.87. The molecule has 0 aromatic heterocycles. The summed E-state index contributed by atoms with van der Waals surface area (Å²) in [6.07, 6.45) is 12.5. The lowest BCUT2D eigenvalue weighted by Gasteiger charge is -2.37. The highest BCUT2D eigenvalue weighted by atomic mass is 16.6. The van der Waals surface area contributed by atoms with Gasteiger partial charge in [0.1, 0.15) is 0 Å². The maximum atomic E-state index is 9.68. The van der Waals surface area contributed by atoms with Gasteiger partial charge in [-0.3, -0.25) is 0 Å². The number of rotatable bonds is 1. The summed E-state index contributed by atoms with van der Waals surface area (Å²) < 4.78 is 5.92. The zero-order chi connectivity index (χ0) is 10.3. The van der Waals surface area contributed by atoms with E-state index in [9.17, 15) is 5.11 Å². The Labute approximate surface area is 91.3 Å². The normalized spacial score (nSPS) is 49.5. The number of fused-ring (bicyclic) bond motifs is 1. The molecule has 2 nitrogen and oxygen atoms in total. The van der Waals surface area contributed by atoms with Gasteiger partial charge in [0.25, 0.3) is 0 Å². The summed E-state index contributed by atoms with van der Waals surface area (Å²) in [6, 6.07) is 0. The van der Waals surface area contributed by atoms with Gasteiger partial charge in [0.2, 0.25) is 0 Å². The van der Waals surface area contributed by atoms with Crippen LogP contribution in [0.2, 0.25) is 0 Å². The summed E-state index contributed by atoms with van der Waals surface area (Å²) in [6.45, 7) is 0. The number of hydrogen-bond acceptors (Lipinski definition) is 2. The Bertz CT molecular complexity index is 274. The predicted octanol–water partition coefficient (Wildman–Crippen LogP) is 2.62. The standard InChI is InChI=1S/C13H20O2/c14-12-9-11-7-4-8-13(11,15-12)10-5-2-1-3-6-10/h2,5,10-12,14H,1,3-4,6-9H2. The van der Waals surface area contributed by atoms with Crippen molar-refractivity contribution in [3.63, 3.8) is 0 Å². The summed E-state index contributed by atoms with van der Waals surface area (Å²) in [4.78, 5) is 0. The summed E-state index contributed by atoms with van der Waals surface area (Å²) >= 11 is 0. The number of aliphatic hydroxyl groups excluding tert-OH is 1. The first-order chi connectivity index (χ1) is 7.31. The van der Waals surface area contributed by atoms with Gasteiger partial charge in [0.05, 0.1) is 5.60 Å². The molecule has 0 aromatic rings. The molecule has 0 radical (unpaired) electrons. The molecule has 3 rings (SSSR count). The molecule has 2 heteroatoms. The molecule has 2 fully saturated rings. The van der Waals surface area contributed by atoms with E-state index in [2.05, 4.69) is 12.2 Å². The Morgan fingerprint density at radius 2 is 2.20 bits per heavy atom. The van der Waals surface area contributed by atoms with Crippen LogP contribution in [0.4, 0.5) is 0 Å². The lowest BCUT2D eigenvalue weighted by molar-refractivity contribution is -0.156. The minimum absolute atomic E-state index is 0.0103. The van der Waals surface area contributed by atoms with Crippen molar-refractivity contribution < 1.29 is 9.84 Å². The number of aliphatic hydroxyl groups is 1. The van der Waals surface area contributed by atoms with Crippen molar-refractivity contribution in [3.05, 3.63) is 12.2 Å². The van der Waals surface area contributed by atoms with Gasteiger partial charge < -0.3 is 9.84 Å². The molecule has 0 amide bonds. The van der Waals surface area contributed by atoms with Crippen LogP contribution in [0.1, 0.15) is 44.9 Å². The van der Waals surface area contributed by atoms with E-state index in [4.69, 9.17) is 4.74 Å². The van der Waals surface area contributed by atoms with Gasteiger partial charge in [-0.15, -0.1) is 0 Å². The van der Waals surface area contributed by atoms with Crippen molar-refractivity contribution >= 4 is 0 Å². The summed E-state index contributed by atoms with van der Waals surface area (Å²) in [5, 5.41) is 9.68. The van der Waals surface area contributed by atoms with Crippen LogP contribution < -0.4 is 0 Å². The highest BCUT2D eigenvalue weighted by Crippen LogP contribution is 2.53. The second-order valence-corrected chi connectivity index (χ2v) is 5.32. The Kier molecular flexibility index (Phi) is 2.37. The zero-order valence-corrected chi connectivity index (χ0v) is 9.19. The molecule has 1 N–H and O–H groups in total. The first-order valence-electron chi connectivity index (χ1n) is 6.34. The van der Waals surface area contributed by atoms with Gasteiger partial charge in [-0.05, 0) is 38.0 Å². The summed E-state index contributed by atoms with van der Waals surface area (Å²) in [5.74, 6) is 1.18. The molecular formula is C13H20O2. The van der Waals surface area contributed by atoms with Gasteiger partial charge in [0.15, 0.2) is 6.29 Å². The topological polar surface area (TPSA) is 29.5 Å². The third-order valence-electron chi connectivity index (χ3n) is 4.53. The maximum absolute atomic E-state index is 9.68. The van der Waals surface area contributed by atoms with E-state index in [-0.39, 0.29) is 5.60 Å². The second-order valence-electron chi connectivity index (χ2n) is 5.32. The average molecular weight is 208 g/mol. The Hall–Kier alpha value is -0.340. The van der Waals surface area contributed by atoms with Crippen LogP contribution in [-0.4, -0.2) is 17.0 Å². The molecule has 4 atom stereocenters. The molecule has 1 aliphatic heterocycles. The molecule has 84 valence electrons. The van der Waals surface area contributed by atoms with Crippen LogP contribution in [0.3, 0.4) is 0 Å². The molecule has 3 aliphatic rings. The molecule has 1 saturated carbocycles. The second kappa shape index (κ2) is 3.60. The Morgan fingerprint density at radius 1 is 1.27 bits per heavy atom. The predicted molar refractivity (Wildman–Crippen MR) is 58.3 cm³/mol. The van der Waals surface area contributed by atoms with Crippen LogP contribution >= 0.6 is 0 Å². The van der Waals surface area contributed by atoms with E-state index >= 15 is 0 Å². The summed E-state index contributed by atoms with van der Waals surface area (Å²) in [5.41, 5.74) is 0.0103. The van der Waals surface area contributed by atoms with Crippen molar-refractivity contribution in [2.75, 3.05) is 0 Å². The first kappa shape index (κ1) is 9.86. The molecule has 0 spiro atoms. The summed E-state index contributed by atoms with van der Waals surface area (Å²) in [7, 11) is 0. The lowest BCUT2D eigenvalue weighted by atomic mass is 9.75. The van der Waals surface area contributed by atoms with Gasteiger partial charge in [-0.25, -0.2) is 0 Å². The van der Waals surface area contributed by atoms with Gasteiger partial charge in [-0.1, -0.05) is 18.6 Å². The van der Waals surface area contributed by atoms with Crippen molar-refractivity contribution in [2.24, 2.45) is 11.8 Å². The van der Waals surface area contributed by atoms with Gasteiger partial charge in [0, 0.05) is 12.3 Å². The van der Waals surface area contributed by atoms with E-state index in [0.29, 0.717) is 11.8 Å². The Morgan fingerprint density at radius 3 is 3.00 bits per heavy atom. The highest BCUT2D eigenvalue weighted by molar-refractivity contribution is 5.10. The van der Waals surface area contributed by atoms with Crippen LogP contribution in [0.15, 0.2) is 12.2 Å². The van der Waals surface area contributed by atoms with Crippen molar-refractivity contribution in [2.45, 2.75) is 56.8 Å². The molecular weight excluding hydrogens is 188 g/mol. The molecule has 4 unspecified atom stereocenters. The third kappa shape index (κ3) is 1.46. The largest absolute Gasteiger partial charge is 0.368 e. The fraction of sp³-hybridized carbons (Fsp3) is 0.846. The SMILES string of the molecule is OC1CC2CCCC2(C2C=CCCC2)O1. The number of ether oxygens (including phenoxy) is 1. The first-order valence-corrected chi connectivity index (χ1v) is 6.34. The van der Waals surface area contributed by atoms with E-state index in [1.54, 1.807) is 0 Å². The van der Waals surface area contributed by atoms with Crippen LogP contribution in [0.25, 0.3) is 0 Å². The fourth-order valence-electron chi connectivity index (χ4n) is 3.89. The van der Waals surface area contributed by atoms with Crippen molar-refractivity contribution in [1.29, 1.82) is 0 Å². The smallest absolute Gasteiger partial charge is 0.155 e. The third-order valence-corrected chi connectivity index (χ3v) is 4.53. The molecule has 0 bridgehead atoms. The number of allylic oxidation sites excluding steroid dienone is 1. The minimum atomic E-state index is -0.495. The highest BCUT2D eigenvalue weighted by Gasteiger charge is 2.54. The van der Waals surface area contributed by atoms with Crippen LogP contribution in [0, 0.1) is 11.8 Å². The van der Waals surface area contributed by atoms with E-state index in [1.807, 2.05) is 0 Å². The zero-order valence-electron chi connectivity index (χ0n) is 9.19. The van der Waals surface area contributed by atoms with E-state index in [1.165, 1.54) is 32.1 Å². The van der Waals surface area contributed by atoms with E-state index in [0.717, 1.165) is 12.8 Å². The molecule has 1 saturated heterocycles. The van der Waals surface area contributed by atoms with Gasteiger partial charge in [-0.2, -0.15) is 0 Å². The maximum Gasteiger partial charge on any atom is 0.155 e. The van der Waals surface area contributed by atoms with E-state index < -0.39 is 6.29 Å².